The van der Waals surface area contributed by atoms with Gasteiger partial charge in [-0.05, 0) is 42.4 Å². The topological polar surface area (TPSA) is 87.3 Å². The van der Waals surface area contributed by atoms with Crippen LogP contribution in [0.4, 0.5) is 4.79 Å². The van der Waals surface area contributed by atoms with Crippen molar-refractivity contribution in [1.82, 2.24) is 20.2 Å². The second-order valence-electron chi connectivity index (χ2n) is 10.5. The summed E-state index contributed by atoms with van der Waals surface area (Å²) in [4.78, 5) is 36.3. The molecule has 2 N–H and O–H groups in total. The van der Waals surface area contributed by atoms with Crippen LogP contribution in [0, 0.1) is 18.3 Å². The molecular formula is C28H34N4O3. The molecule has 1 saturated heterocycles. The molecule has 2 heterocycles. The molecule has 4 rings (SSSR count). The molecule has 2 aromatic carbocycles. The van der Waals surface area contributed by atoms with Crippen LogP contribution in [0.5, 0.6) is 5.75 Å². The third kappa shape index (κ3) is 5.73. The second-order valence-corrected chi connectivity index (χ2v) is 10.5. The lowest BCUT2D eigenvalue weighted by Gasteiger charge is -2.30. The average Bonchev–Trinajstić information content (AvgIpc) is 3.42. The molecule has 0 bridgehead atoms. The molecule has 7 heteroatoms. The zero-order valence-electron chi connectivity index (χ0n) is 21.0. The molecule has 1 fully saturated rings. The minimum Gasteiger partial charge on any atom is -0.410 e. The number of hydrogen-bond donors (Lipinski definition) is 2. The summed E-state index contributed by atoms with van der Waals surface area (Å²) in [6.45, 7) is 10.8. The molecule has 1 aliphatic heterocycles. The van der Waals surface area contributed by atoms with Gasteiger partial charge in [0.25, 0.3) is 0 Å². The Hall–Kier alpha value is -3.61. The normalized spacial score (nSPS) is 17.9. The second kappa shape index (κ2) is 9.94. The number of aromatic nitrogens is 2. The standard InChI is InChI=1S/C28H34N4O3/c1-18(2)24(31-27(34)35-21-9-7-6-8-10-21)26(33)32-17-28(4,5)15-23(32)25-29-16-22(30-25)20-13-11-19(3)12-14-20/h6-14,16,18,23-24H,15,17H2,1-5H3,(H,29,30)(H,31,34)/t23-,24-/m0/s1. The number of para-hydroxylation sites is 1. The van der Waals surface area contributed by atoms with Crippen molar-refractivity contribution in [3.05, 3.63) is 72.2 Å². The van der Waals surface area contributed by atoms with E-state index < -0.39 is 12.1 Å². The predicted molar refractivity (Wildman–Crippen MR) is 136 cm³/mol. The summed E-state index contributed by atoms with van der Waals surface area (Å²) in [5, 5.41) is 2.79. The lowest BCUT2D eigenvalue weighted by Crippen LogP contribution is -2.52. The number of benzene rings is 2. The fourth-order valence-corrected chi connectivity index (χ4v) is 4.58. The van der Waals surface area contributed by atoms with Crippen LogP contribution >= 0.6 is 0 Å². The van der Waals surface area contributed by atoms with Crippen LogP contribution < -0.4 is 10.1 Å². The lowest BCUT2D eigenvalue weighted by atomic mass is 9.90. The highest BCUT2D eigenvalue weighted by atomic mass is 16.6. The van der Waals surface area contributed by atoms with E-state index in [0.29, 0.717) is 12.3 Å². The molecule has 0 saturated carbocycles. The van der Waals surface area contributed by atoms with E-state index in [2.05, 4.69) is 60.3 Å². The van der Waals surface area contributed by atoms with Crippen LogP contribution in [-0.2, 0) is 4.79 Å². The van der Waals surface area contributed by atoms with Gasteiger partial charge in [-0.1, -0.05) is 75.7 Å². The van der Waals surface area contributed by atoms with Crippen molar-refractivity contribution in [2.75, 3.05) is 6.54 Å². The molecule has 184 valence electrons. The molecular weight excluding hydrogens is 440 g/mol. The van der Waals surface area contributed by atoms with E-state index in [1.54, 1.807) is 24.3 Å². The number of nitrogens with zero attached hydrogens (tertiary/aromatic N) is 2. The van der Waals surface area contributed by atoms with Crippen molar-refractivity contribution in [1.29, 1.82) is 0 Å². The largest absolute Gasteiger partial charge is 0.413 e. The molecule has 2 amide bonds. The van der Waals surface area contributed by atoms with Crippen molar-refractivity contribution in [3.63, 3.8) is 0 Å². The molecule has 0 spiro atoms. The van der Waals surface area contributed by atoms with Crippen LogP contribution in [0.15, 0.2) is 60.8 Å². The van der Waals surface area contributed by atoms with E-state index in [9.17, 15) is 9.59 Å². The van der Waals surface area contributed by atoms with E-state index in [-0.39, 0.29) is 23.3 Å². The zero-order chi connectivity index (χ0) is 25.2. The maximum atomic E-state index is 13.8. The van der Waals surface area contributed by atoms with Gasteiger partial charge in [-0.25, -0.2) is 9.78 Å². The van der Waals surface area contributed by atoms with Gasteiger partial charge in [0.1, 0.15) is 17.6 Å². The summed E-state index contributed by atoms with van der Waals surface area (Å²) < 4.78 is 5.38. The van der Waals surface area contributed by atoms with Crippen LogP contribution in [0.25, 0.3) is 11.3 Å². The van der Waals surface area contributed by atoms with Gasteiger partial charge in [-0.3, -0.25) is 4.79 Å². The fraction of sp³-hybridized carbons (Fsp3) is 0.393. The van der Waals surface area contributed by atoms with Crippen LogP contribution in [0.1, 0.15) is 51.5 Å². The third-order valence-corrected chi connectivity index (χ3v) is 6.44. The molecule has 0 unspecified atom stereocenters. The number of rotatable bonds is 6. The molecule has 2 atom stereocenters. The Kier molecular flexibility index (Phi) is 6.96. The van der Waals surface area contributed by atoms with E-state index in [0.717, 1.165) is 23.5 Å². The van der Waals surface area contributed by atoms with Gasteiger partial charge in [0, 0.05) is 6.54 Å². The number of aryl methyl sites for hydroxylation is 1. The number of amides is 2. The Morgan fingerprint density at radius 1 is 1.11 bits per heavy atom. The molecule has 0 aliphatic carbocycles. The number of carbonyl (C=O) groups excluding carboxylic acids is 2. The van der Waals surface area contributed by atoms with Crippen molar-refractivity contribution in [2.45, 2.75) is 53.1 Å². The van der Waals surface area contributed by atoms with E-state index in [1.807, 2.05) is 31.0 Å². The number of likely N-dealkylation sites (tertiary alicyclic amines) is 1. The van der Waals surface area contributed by atoms with E-state index in [4.69, 9.17) is 4.74 Å². The quantitative estimate of drug-likeness (QED) is 0.494. The number of carbonyl (C=O) groups is 2. The first-order valence-corrected chi connectivity index (χ1v) is 12.1. The van der Waals surface area contributed by atoms with Crippen molar-refractivity contribution < 1.29 is 14.3 Å². The zero-order valence-corrected chi connectivity index (χ0v) is 21.0. The predicted octanol–water partition coefficient (Wildman–Crippen LogP) is 5.50. The van der Waals surface area contributed by atoms with E-state index >= 15 is 0 Å². The smallest absolute Gasteiger partial charge is 0.410 e. The Bertz CT molecular complexity index is 1170. The molecule has 1 aromatic heterocycles. The average molecular weight is 475 g/mol. The minimum atomic E-state index is -0.714. The highest BCUT2D eigenvalue weighted by Crippen LogP contribution is 2.42. The Labute approximate surface area is 206 Å². The summed E-state index contributed by atoms with van der Waals surface area (Å²) in [5.74, 6) is 0.942. The summed E-state index contributed by atoms with van der Waals surface area (Å²) >= 11 is 0. The maximum Gasteiger partial charge on any atom is 0.413 e. The highest BCUT2D eigenvalue weighted by molar-refractivity contribution is 5.87. The summed E-state index contributed by atoms with van der Waals surface area (Å²) in [6.07, 6.45) is 1.96. The molecule has 3 aromatic rings. The molecule has 1 aliphatic rings. The van der Waals surface area contributed by atoms with Gasteiger partial charge in [-0.2, -0.15) is 0 Å². The Morgan fingerprint density at radius 2 is 1.80 bits per heavy atom. The van der Waals surface area contributed by atoms with Crippen LogP contribution in [0.2, 0.25) is 0 Å². The lowest BCUT2D eigenvalue weighted by molar-refractivity contribution is -0.135. The summed E-state index contributed by atoms with van der Waals surface area (Å²) in [5.41, 5.74) is 3.08. The molecule has 7 nitrogen and oxygen atoms in total. The van der Waals surface area contributed by atoms with Gasteiger partial charge >= 0.3 is 6.09 Å². The van der Waals surface area contributed by atoms with Crippen LogP contribution in [-0.4, -0.2) is 39.5 Å². The summed E-state index contributed by atoms with van der Waals surface area (Å²) in [7, 11) is 0. The van der Waals surface area contributed by atoms with E-state index in [1.165, 1.54) is 5.56 Å². The van der Waals surface area contributed by atoms with Gasteiger partial charge in [0.15, 0.2) is 0 Å². The first-order valence-electron chi connectivity index (χ1n) is 12.1. The third-order valence-electron chi connectivity index (χ3n) is 6.44. The summed E-state index contributed by atoms with van der Waals surface area (Å²) in [6, 6.07) is 16.2. The minimum absolute atomic E-state index is 0.0801. The van der Waals surface area contributed by atoms with Crippen LogP contribution in [0.3, 0.4) is 0 Å². The molecule has 0 radical (unpaired) electrons. The SMILES string of the molecule is Cc1ccc(-c2cnc([C@@H]3CC(C)(C)CN3C(=O)[C@@H](NC(=O)Oc3ccccc3)C(C)C)[nH]2)cc1. The number of hydrogen-bond acceptors (Lipinski definition) is 4. The first-order chi connectivity index (χ1) is 16.6. The first kappa shape index (κ1) is 24.5. The monoisotopic (exact) mass is 474 g/mol. The van der Waals surface area contributed by atoms with Crippen molar-refractivity contribution >= 4 is 12.0 Å². The number of nitrogens with one attached hydrogen (secondary N) is 2. The van der Waals surface area contributed by atoms with Gasteiger partial charge < -0.3 is 19.9 Å². The number of ether oxygens (including phenoxy) is 1. The number of aromatic amines is 1. The molecule has 35 heavy (non-hydrogen) atoms. The van der Waals surface area contributed by atoms with Gasteiger partial charge in [-0.15, -0.1) is 0 Å². The van der Waals surface area contributed by atoms with Crippen molar-refractivity contribution in [3.8, 4) is 17.0 Å². The number of imidazole rings is 1. The fourth-order valence-electron chi connectivity index (χ4n) is 4.58. The van der Waals surface area contributed by atoms with Crippen molar-refractivity contribution in [2.24, 2.45) is 11.3 Å². The Morgan fingerprint density at radius 3 is 2.46 bits per heavy atom. The van der Waals surface area contributed by atoms with Gasteiger partial charge in [0.05, 0.1) is 17.9 Å². The maximum absolute atomic E-state index is 13.8. The number of H-pyrrole nitrogens is 1. The van der Waals surface area contributed by atoms with Gasteiger partial charge in [0.2, 0.25) is 5.91 Å². The highest BCUT2D eigenvalue weighted by Gasteiger charge is 2.44. The Balaban J connectivity index is 1.54.